The van der Waals surface area contributed by atoms with Gasteiger partial charge in [-0.25, -0.2) is 4.79 Å². The van der Waals surface area contributed by atoms with Crippen molar-refractivity contribution in [2.75, 3.05) is 26.9 Å². The highest BCUT2D eigenvalue weighted by Crippen LogP contribution is 2.49. The Morgan fingerprint density at radius 2 is 2.00 bits per heavy atom. The average Bonchev–Trinajstić information content (AvgIpc) is 3.61. The van der Waals surface area contributed by atoms with Gasteiger partial charge in [-0.2, -0.15) is 0 Å². The zero-order valence-corrected chi connectivity index (χ0v) is 20.3. The first-order valence-corrected chi connectivity index (χ1v) is 12.6. The van der Waals surface area contributed by atoms with Crippen molar-refractivity contribution in [1.82, 2.24) is 9.88 Å². The molecule has 1 aliphatic carbocycles. The van der Waals surface area contributed by atoms with Gasteiger partial charge in [-0.1, -0.05) is 12.1 Å². The topological polar surface area (TPSA) is 84.0 Å². The number of ether oxygens (including phenoxy) is 3. The molecule has 1 saturated carbocycles. The molecule has 0 radical (unpaired) electrons. The predicted octanol–water partition coefficient (Wildman–Crippen LogP) is 5.25. The van der Waals surface area contributed by atoms with Crippen LogP contribution >= 0.6 is 0 Å². The fraction of sp³-hybridized carbons (Fsp3) is 0.464. The second kappa shape index (κ2) is 8.88. The Morgan fingerprint density at radius 3 is 2.71 bits per heavy atom. The molecule has 2 aromatic carbocycles. The van der Waals surface area contributed by atoms with Crippen molar-refractivity contribution in [1.29, 1.82) is 0 Å². The molecule has 7 nitrogen and oxygen atoms in total. The quantitative estimate of drug-likeness (QED) is 0.485. The molecule has 184 valence electrons. The van der Waals surface area contributed by atoms with Crippen LogP contribution in [-0.2, 0) is 4.74 Å². The average molecular weight is 477 g/mol. The lowest BCUT2D eigenvalue weighted by Crippen LogP contribution is -2.44. The molecular weight excluding hydrogens is 444 g/mol. The van der Waals surface area contributed by atoms with Gasteiger partial charge in [0.05, 0.1) is 35.7 Å². The van der Waals surface area contributed by atoms with Crippen molar-refractivity contribution < 1.29 is 24.1 Å². The second-order valence-corrected chi connectivity index (χ2v) is 10.1. The highest BCUT2D eigenvalue weighted by molar-refractivity contribution is 5.94. The van der Waals surface area contributed by atoms with Crippen LogP contribution in [0, 0.1) is 12.8 Å². The van der Waals surface area contributed by atoms with E-state index in [9.17, 15) is 9.90 Å². The fourth-order valence-electron chi connectivity index (χ4n) is 5.79. The van der Waals surface area contributed by atoms with Crippen molar-refractivity contribution in [3.05, 3.63) is 58.8 Å². The smallest absolute Gasteiger partial charge is 0.335 e. The van der Waals surface area contributed by atoms with Gasteiger partial charge in [-0.05, 0) is 67.9 Å². The minimum Gasteiger partial charge on any atom is -0.496 e. The van der Waals surface area contributed by atoms with Gasteiger partial charge >= 0.3 is 5.97 Å². The van der Waals surface area contributed by atoms with E-state index in [0.717, 1.165) is 65.4 Å². The van der Waals surface area contributed by atoms with Gasteiger partial charge in [0.1, 0.15) is 18.1 Å². The molecule has 1 unspecified atom stereocenters. The molecule has 2 fully saturated rings. The van der Waals surface area contributed by atoms with Gasteiger partial charge in [-0.15, -0.1) is 0 Å². The largest absolute Gasteiger partial charge is 0.496 e. The van der Waals surface area contributed by atoms with E-state index in [4.69, 9.17) is 14.2 Å². The van der Waals surface area contributed by atoms with Crippen LogP contribution in [0.5, 0.6) is 11.5 Å². The minimum atomic E-state index is -0.907. The van der Waals surface area contributed by atoms with Crippen LogP contribution < -0.4 is 9.47 Å². The number of aryl methyl sites for hydroxylation is 1. The summed E-state index contributed by atoms with van der Waals surface area (Å²) in [5, 5.41) is 10.5. The summed E-state index contributed by atoms with van der Waals surface area (Å²) in [4.78, 5) is 17.3. The summed E-state index contributed by atoms with van der Waals surface area (Å²) in [6, 6.07) is 9.54. The normalized spacial score (nSPS) is 24.3. The van der Waals surface area contributed by atoms with Gasteiger partial charge in [0.2, 0.25) is 0 Å². The van der Waals surface area contributed by atoms with Crippen molar-refractivity contribution >= 4 is 16.9 Å². The lowest BCUT2D eigenvalue weighted by Gasteiger charge is -2.45. The molecule has 1 saturated heterocycles. The summed E-state index contributed by atoms with van der Waals surface area (Å²) in [5.41, 5.74) is 4.80. The maximum absolute atomic E-state index is 11.4. The molecule has 6 rings (SSSR count). The molecule has 0 bridgehead atoms. The first kappa shape index (κ1) is 22.4. The van der Waals surface area contributed by atoms with Crippen LogP contribution in [-0.4, -0.2) is 53.9 Å². The molecule has 35 heavy (non-hydrogen) atoms. The van der Waals surface area contributed by atoms with E-state index in [1.807, 2.05) is 18.3 Å². The molecule has 2 aliphatic heterocycles. The highest BCUT2D eigenvalue weighted by atomic mass is 16.5. The summed E-state index contributed by atoms with van der Waals surface area (Å²) in [5.74, 6) is 1.58. The second-order valence-electron chi connectivity index (χ2n) is 10.1. The maximum Gasteiger partial charge on any atom is 0.335 e. The number of aromatic carboxylic acids is 1. The minimum absolute atomic E-state index is 0.0184. The number of carboxylic acids is 1. The lowest BCUT2D eigenvalue weighted by atomic mass is 9.88. The molecule has 1 aromatic heterocycles. The molecular formula is C28H32N2O5. The van der Waals surface area contributed by atoms with E-state index in [0.29, 0.717) is 12.2 Å². The van der Waals surface area contributed by atoms with Crippen molar-refractivity contribution in [2.24, 2.45) is 5.92 Å². The van der Waals surface area contributed by atoms with Crippen LogP contribution in [0.4, 0.5) is 0 Å². The van der Waals surface area contributed by atoms with E-state index in [-0.39, 0.29) is 18.2 Å². The van der Waals surface area contributed by atoms with Crippen LogP contribution in [0.15, 0.2) is 36.5 Å². The number of benzene rings is 2. The number of methoxy groups -OCH3 is 1. The number of hydrogen-bond acceptors (Lipinski definition) is 5. The van der Waals surface area contributed by atoms with Crippen LogP contribution in [0.2, 0.25) is 0 Å². The Balaban J connectivity index is 1.38. The molecule has 3 heterocycles. The van der Waals surface area contributed by atoms with Crippen LogP contribution in [0.3, 0.4) is 0 Å². The number of rotatable bonds is 7. The number of nitrogens with zero attached hydrogens (tertiary/aromatic N) is 1. The van der Waals surface area contributed by atoms with E-state index in [2.05, 4.69) is 22.9 Å². The van der Waals surface area contributed by atoms with Gasteiger partial charge in [0.15, 0.2) is 0 Å². The lowest BCUT2D eigenvalue weighted by molar-refractivity contribution is -0.0404. The highest BCUT2D eigenvalue weighted by Gasteiger charge is 2.40. The van der Waals surface area contributed by atoms with Gasteiger partial charge < -0.3 is 24.3 Å². The number of aromatic nitrogens is 1. The number of carbonyl (C=O) groups is 1. The molecule has 7 heteroatoms. The van der Waals surface area contributed by atoms with Crippen molar-refractivity contribution in [3.8, 4) is 11.5 Å². The SMILES string of the molecule is COc1cc(C)c2[nH]cc3c2c1C(N1CC[C@H](OCC2CC2)C[C@H]1c1ccc(C(=O)O)cc1)CO3. The van der Waals surface area contributed by atoms with E-state index in [1.165, 1.54) is 18.4 Å². The third-order valence-corrected chi connectivity index (χ3v) is 7.87. The number of nitrogens with one attached hydrogen (secondary N) is 1. The number of hydrogen-bond donors (Lipinski definition) is 2. The fourth-order valence-corrected chi connectivity index (χ4v) is 5.79. The van der Waals surface area contributed by atoms with Crippen molar-refractivity contribution in [2.45, 2.75) is 50.8 Å². The predicted molar refractivity (Wildman–Crippen MR) is 132 cm³/mol. The van der Waals surface area contributed by atoms with Crippen LogP contribution in [0.1, 0.15) is 64.8 Å². The number of likely N-dealkylation sites (tertiary alicyclic amines) is 1. The standard InChI is InChI=1S/C28H32N2O5/c1-16-11-23(33-2)25-22(15-35-24-13-29-27(16)26(24)25)30-10-9-20(34-14-17-3-4-17)12-21(30)18-5-7-19(8-6-18)28(31)32/h5-8,11,13,17,20-22,29H,3-4,9-10,12,14-15H2,1-2H3,(H,31,32)/t20-,21-,22?/m0/s1. The number of piperidine rings is 1. The first-order chi connectivity index (χ1) is 17.0. The maximum atomic E-state index is 11.4. The summed E-state index contributed by atoms with van der Waals surface area (Å²) in [6.45, 7) is 4.34. The number of carboxylic acid groups (broad SMARTS) is 1. The zero-order chi connectivity index (χ0) is 24.1. The van der Waals surface area contributed by atoms with Gasteiger partial charge in [0, 0.05) is 31.0 Å². The third-order valence-electron chi connectivity index (χ3n) is 7.87. The molecule has 3 aliphatic rings. The van der Waals surface area contributed by atoms with Crippen LogP contribution in [0.25, 0.3) is 10.9 Å². The Hall–Kier alpha value is -3.03. The molecule has 0 amide bonds. The molecule has 3 aromatic rings. The molecule has 3 atom stereocenters. The van der Waals surface area contributed by atoms with Crippen molar-refractivity contribution in [3.63, 3.8) is 0 Å². The molecule has 0 spiro atoms. The van der Waals surface area contributed by atoms with E-state index < -0.39 is 5.97 Å². The Morgan fingerprint density at radius 1 is 1.20 bits per heavy atom. The Bertz CT molecular complexity index is 1250. The first-order valence-electron chi connectivity index (χ1n) is 12.6. The monoisotopic (exact) mass is 476 g/mol. The summed E-state index contributed by atoms with van der Waals surface area (Å²) < 4.78 is 18.5. The summed E-state index contributed by atoms with van der Waals surface area (Å²) in [7, 11) is 1.73. The number of aromatic amines is 1. The van der Waals surface area contributed by atoms with E-state index >= 15 is 0 Å². The third kappa shape index (κ3) is 4.06. The Kier molecular flexibility index (Phi) is 5.69. The zero-order valence-electron chi connectivity index (χ0n) is 20.3. The van der Waals surface area contributed by atoms with Gasteiger partial charge in [-0.3, -0.25) is 4.90 Å². The van der Waals surface area contributed by atoms with E-state index in [1.54, 1.807) is 19.2 Å². The number of H-pyrrole nitrogens is 1. The Labute approximate surface area is 205 Å². The molecule has 2 N–H and O–H groups in total. The summed E-state index contributed by atoms with van der Waals surface area (Å²) >= 11 is 0. The summed E-state index contributed by atoms with van der Waals surface area (Å²) in [6.07, 6.45) is 6.53. The van der Waals surface area contributed by atoms with Gasteiger partial charge in [0.25, 0.3) is 0 Å².